The molecule has 2 aliphatic heterocycles. The fraction of sp³-hybridized carbons (Fsp3) is 0.786. The SMILES string of the molecule is CC(Nc1cnn(CC2CCCO2)c1)C1CCOC1. The lowest BCUT2D eigenvalue weighted by molar-refractivity contribution is 0.0940. The molecule has 1 aromatic rings. The van der Waals surface area contributed by atoms with E-state index in [0.29, 0.717) is 18.1 Å². The summed E-state index contributed by atoms with van der Waals surface area (Å²) in [4.78, 5) is 0. The average molecular weight is 265 g/mol. The summed E-state index contributed by atoms with van der Waals surface area (Å²) in [5.41, 5.74) is 1.09. The van der Waals surface area contributed by atoms with Crippen LogP contribution in [0.2, 0.25) is 0 Å². The Morgan fingerprint density at radius 2 is 2.42 bits per heavy atom. The van der Waals surface area contributed by atoms with Gasteiger partial charge in [-0.3, -0.25) is 4.68 Å². The molecule has 2 saturated heterocycles. The van der Waals surface area contributed by atoms with Gasteiger partial charge in [0, 0.05) is 31.4 Å². The van der Waals surface area contributed by atoms with Crippen LogP contribution in [0.4, 0.5) is 5.69 Å². The van der Waals surface area contributed by atoms with E-state index in [9.17, 15) is 0 Å². The van der Waals surface area contributed by atoms with Gasteiger partial charge in [0.1, 0.15) is 0 Å². The van der Waals surface area contributed by atoms with Gasteiger partial charge in [-0.15, -0.1) is 0 Å². The standard InChI is InChI=1S/C14H23N3O2/c1-11(12-4-6-18-10-12)16-13-7-15-17(8-13)9-14-3-2-5-19-14/h7-8,11-12,14,16H,2-6,9-10H2,1H3. The van der Waals surface area contributed by atoms with Gasteiger partial charge in [0.2, 0.25) is 0 Å². The van der Waals surface area contributed by atoms with E-state index in [4.69, 9.17) is 9.47 Å². The van der Waals surface area contributed by atoms with Crippen molar-refractivity contribution >= 4 is 5.69 Å². The largest absolute Gasteiger partial charge is 0.381 e. The highest BCUT2D eigenvalue weighted by molar-refractivity contribution is 5.39. The zero-order chi connectivity index (χ0) is 13.1. The number of hydrogen-bond acceptors (Lipinski definition) is 4. The van der Waals surface area contributed by atoms with Crippen molar-refractivity contribution in [1.29, 1.82) is 0 Å². The van der Waals surface area contributed by atoms with Crippen molar-refractivity contribution in [3.05, 3.63) is 12.4 Å². The van der Waals surface area contributed by atoms with Crippen LogP contribution >= 0.6 is 0 Å². The minimum absolute atomic E-state index is 0.341. The van der Waals surface area contributed by atoms with Gasteiger partial charge < -0.3 is 14.8 Å². The van der Waals surface area contributed by atoms with Gasteiger partial charge in [0.15, 0.2) is 0 Å². The fourth-order valence-electron chi connectivity index (χ4n) is 2.86. The summed E-state index contributed by atoms with van der Waals surface area (Å²) in [6.45, 7) is 5.75. The summed E-state index contributed by atoms with van der Waals surface area (Å²) in [6, 6.07) is 0.433. The van der Waals surface area contributed by atoms with Crippen LogP contribution in [0.15, 0.2) is 12.4 Å². The van der Waals surface area contributed by atoms with E-state index in [1.807, 2.05) is 10.9 Å². The molecular weight excluding hydrogens is 242 g/mol. The van der Waals surface area contributed by atoms with Crippen molar-refractivity contribution in [1.82, 2.24) is 9.78 Å². The third kappa shape index (κ3) is 3.28. The Balaban J connectivity index is 1.52. The molecule has 0 aromatic carbocycles. The topological polar surface area (TPSA) is 48.3 Å². The van der Waals surface area contributed by atoms with Crippen LogP contribution in [-0.2, 0) is 16.0 Å². The zero-order valence-corrected chi connectivity index (χ0v) is 11.5. The van der Waals surface area contributed by atoms with Crippen molar-refractivity contribution in [3.63, 3.8) is 0 Å². The van der Waals surface area contributed by atoms with Crippen LogP contribution in [0.25, 0.3) is 0 Å². The highest BCUT2D eigenvalue weighted by atomic mass is 16.5. The first kappa shape index (κ1) is 12.9. The first-order valence-corrected chi connectivity index (χ1v) is 7.29. The molecule has 3 atom stereocenters. The van der Waals surface area contributed by atoms with Crippen molar-refractivity contribution in [2.24, 2.45) is 5.92 Å². The summed E-state index contributed by atoms with van der Waals surface area (Å²) in [5, 5.41) is 7.93. The highest BCUT2D eigenvalue weighted by Gasteiger charge is 2.22. The number of hydrogen-bond donors (Lipinski definition) is 1. The molecule has 2 aliphatic rings. The van der Waals surface area contributed by atoms with Crippen LogP contribution in [-0.4, -0.2) is 41.7 Å². The number of nitrogens with one attached hydrogen (secondary N) is 1. The van der Waals surface area contributed by atoms with Crippen LogP contribution in [0.3, 0.4) is 0 Å². The Morgan fingerprint density at radius 1 is 1.47 bits per heavy atom. The Hall–Kier alpha value is -1.07. The maximum atomic E-state index is 5.63. The lowest BCUT2D eigenvalue weighted by Crippen LogP contribution is -2.25. The first-order chi connectivity index (χ1) is 9.31. The molecule has 0 bridgehead atoms. The molecule has 1 N–H and O–H groups in total. The van der Waals surface area contributed by atoms with E-state index in [-0.39, 0.29) is 0 Å². The van der Waals surface area contributed by atoms with Crippen molar-refractivity contribution in [3.8, 4) is 0 Å². The Morgan fingerprint density at radius 3 is 3.16 bits per heavy atom. The zero-order valence-electron chi connectivity index (χ0n) is 11.5. The molecule has 3 unspecified atom stereocenters. The van der Waals surface area contributed by atoms with E-state index in [2.05, 4.69) is 23.5 Å². The quantitative estimate of drug-likeness (QED) is 0.883. The minimum Gasteiger partial charge on any atom is -0.381 e. The van der Waals surface area contributed by atoms with Gasteiger partial charge in [-0.05, 0) is 26.2 Å². The van der Waals surface area contributed by atoms with E-state index in [1.54, 1.807) is 0 Å². The Bertz CT molecular complexity index is 395. The highest BCUT2D eigenvalue weighted by Crippen LogP contribution is 2.20. The molecular formula is C14H23N3O2. The third-order valence-corrected chi connectivity index (χ3v) is 4.11. The van der Waals surface area contributed by atoms with Gasteiger partial charge in [0.05, 0.1) is 31.1 Å². The number of aromatic nitrogens is 2. The molecule has 3 heterocycles. The van der Waals surface area contributed by atoms with E-state index in [1.165, 1.54) is 6.42 Å². The number of ether oxygens (including phenoxy) is 2. The second-order valence-corrected chi connectivity index (χ2v) is 5.64. The van der Waals surface area contributed by atoms with E-state index < -0.39 is 0 Å². The predicted molar refractivity (Wildman–Crippen MR) is 73.2 cm³/mol. The first-order valence-electron chi connectivity index (χ1n) is 7.29. The fourth-order valence-corrected chi connectivity index (χ4v) is 2.86. The summed E-state index contributed by atoms with van der Waals surface area (Å²) >= 11 is 0. The van der Waals surface area contributed by atoms with Crippen LogP contribution in [0, 0.1) is 5.92 Å². The van der Waals surface area contributed by atoms with Gasteiger partial charge >= 0.3 is 0 Å². The van der Waals surface area contributed by atoms with Gasteiger partial charge in [0.25, 0.3) is 0 Å². The maximum absolute atomic E-state index is 5.63. The molecule has 3 rings (SSSR count). The van der Waals surface area contributed by atoms with Crippen LogP contribution in [0.1, 0.15) is 26.2 Å². The predicted octanol–water partition coefficient (Wildman–Crippen LogP) is 1.90. The third-order valence-electron chi connectivity index (χ3n) is 4.11. The number of nitrogens with zero attached hydrogens (tertiary/aromatic N) is 2. The molecule has 2 fully saturated rings. The van der Waals surface area contributed by atoms with Crippen molar-refractivity contribution in [2.75, 3.05) is 25.1 Å². The number of rotatable bonds is 5. The van der Waals surface area contributed by atoms with Crippen molar-refractivity contribution in [2.45, 2.75) is 44.9 Å². The van der Waals surface area contributed by atoms with Crippen LogP contribution < -0.4 is 5.32 Å². The molecule has 19 heavy (non-hydrogen) atoms. The molecule has 0 saturated carbocycles. The van der Waals surface area contributed by atoms with Gasteiger partial charge in [-0.1, -0.05) is 0 Å². The molecule has 0 amide bonds. The molecule has 0 spiro atoms. The molecule has 5 nitrogen and oxygen atoms in total. The average Bonchev–Trinajstić information content (AvgIpc) is 3.10. The summed E-state index contributed by atoms with van der Waals surface area (Å²) < 4.78 is 13.0. The molecule has 106 valence electrons. The second-order valence-electron chi connectivity index (χ2n) is 5.64. The summed E-state index contributed by atoms with van der Waals surface area (Å²) in [7, 11) is 0. The normalized spacial score (nSPS) is 28.7. The second kappa shape index (κ2) is 5.92. The smallest absolute Gasteiger partial charge is 0.0771 e. The number of anilines is 1. The monoisotopic (exact) mass is 265 g/mol. The Labute approximate surface area is 114 Å². The minimum atomic E-state index is 0.341. The lowest BCUT2D eigenvalue weighted by atomic mass is 10.0. The van der Waals surface area contributed by atoms with Gasteiger partial charge in [-0.25, -0.2) is 0 Å². The molecule has 0 radical (unpaired) electrons. The van der Waals surface area contributed by atoms with E-state index >= 15 is 0 Å². The Kier molecular flexibility index (Phi) is 4.03. The van der Waals surface area contributed by atoms with Crippen LogP contribution in [0.5, 0.6) is 0 Å². The maximum Gasteiger partial charge on any atom is 0.0771 e. The van der Waals surface area contributed by atoms with E-state index in [0.717, 1.165) is 44.9 Å². The summed E-state index contributed by atoms with van der Waals surface area (Å²) in [5.74, 6) is 0.613. The van der Waals surface area contributed by atoms with Crippen molar-refractivity contribution < 1.29 is 9.47 Å². The lowest BCUT2D eigenvalue weighted by Gasteiger charge is -2.19. The molecule has 5 heteroatoms. The molecule has 0 aliphatic carbocycles. The summed E-state index contributed by atoms with van der Waals surface area (Å²) in [6.07, 6.45) is 7.80. The van der Waals surface area contributed by atoms with Gasteiger partial charge in [-0.2, -0.15) is 5.10 Å². The molecule has 1 aromatic heterocycles.